The maximum Gasteiger partial charge on any atom is 0.401 e. The molecule has 6 heteroatoms. The zero-order valence-corrected chi connectivity index (χ0v) is 9.33. The van der Waals surface area contributed by atoms with E-state index in [4.69, 9.17) is 0 Å². The normalized spacial score (nSPS) is 19.7. The van der Waals surface area contributed by atoms with E-state index in [9.17, 15) is 18.0 Å². The number of halogens is 4. The Morgan fingerprint density at radius 3 is 2.13 bits per heavy atom. The molecule has 0 spiro atoms. The zero-order chi connectivity index (χ0) is 10.8. The van der Waals surface area contributed by atoms with Gasteiger partial charge in [0.25, 0.3) is 0 Å². The molecule has 0 N–H and O–H groups in total. The molecule has 0 atom stereocenters. The van der Waals surface area contributed by atoms with Gasteiger partial charge >= 0.3 is 6.18 Å². The molecule has 90 valence electrons. The molecule has 0 saturated carbocycles. The van der Waals surface area contributed by atoms with Crippen LogP contribution in [0.3, 0.4) is 0 Å². The summed E-state index contributed by atoms with van der Waals surface area (Å²) < 4.78 is 36.0. The third-order valence-corrected chi connectivity index (χ3v) is 2.57. The van der Waals surface area contributed by atoms with Gasteiger partial charge in [-0.1, -0.05) is 0 Å². The summed E-state index contributed by atoms with van der Waals surface area (Å²) in [5.74, 6) is 0.0659. The van der Waals surface area contributed by atoms with Crippen LogP contribution < -0.4 is 0 Å². The van der Waals surface area contributed by atoms with Crippen LogP contribution in [0.4, 0.5) is 13.2 Å². The second-order valence-electron chi connectivity index (χ2n) is 3.78. The lowest BCUT2D eigenvalue weighted by Crippen LogP contribution is -2.41. The highest BCUT2D eigenvalue weighted by atomic mass is 35.5. The molecule has 1 aliphatic heterocycles. The number of hydrogen-bond donors (Lipinski definition) is 0. The third kappa shape index (κ3) is 5.37. The van der Waals surface area contributed by atoms with Crippen molar-refractivity contribution >= 4 is 18.2 Å². The summed E-state index contributed by atoms with van der Waals surface area (Å²) in [6, 6.07) is 0. The van der Waals surface area contributed by atoms with Gasteiger partial charge in [-0.05, 0) is 32.9 Å². The Balaban J connectivity index is 0.00000196. The monoisotopic (exact) mass is 245 g/mol. The number of likely N-dealkylation sites (tertiary alicyclic amines) is 1. The topological polar surface area (TPSA) is 20.3 Å². The first-order chi connectivity index (χ1) is 6.38. The van der Waals surface area contributed by atoms with Gasteiger partial charge in [-0.25, -0.2) is 0 Å². The Morgan fingerprint density at radius 1 is 1.33 bits per heavy atom. The predicted octanol–water partition coefficient (Wildman–Crippen LogP) is 2.27. The van der Waals surface area contributed by atoms with Crippen LogP contribution in [0.5, 0.6) is 0 Å². The summed E-state index contributed by atoms with van der Waals surface area (Å²) in [4.78, 5) is 12.3. The number of alkyl halides is 3. The van der Waals surface area contributed by atoms with Gasteiger partial charge in [-0.2, -0.15) is 13.2 Å². The highest BCUT2D eigenvalue weighted by molar-refractivity contribution is 5.85. The van der Waals surface area contributed by atoms with Crippen LogP contribution in [-0.2, 0) is 4.79 Å². The summed E-state index contributed by atoms with van der Waals surface area (Å²) >= 11 is 0. The molecule has 0 aromatic heterocycles. The van der Waals surface area contributed by atoms with Crippen LogP contribution in [0.15, 0.2) is 0 Å². The lowest BCUT2D eigenvalue weighted by Gasteiger charge is -2.31. The smallest absolute Gasteiger partial charge is 0.300 e. The molecular weight excluding hydrogens is 231 g/mol. The van der Waals surface area contributed by atoms with Crippen molar-refractivity contribution in [1.82, 2.24) is 4.90 Å². The molecule has 15 heavy (non-hydrogen) atoms. The molecule has 0 bridgehead atoms. The van der Waals surface area contributed by atoms with Crippen LogP contribution in [0, 0.1) is 5.92 Å². The molecule has 1 saturated heterocycles. The molecule has 0 aliphatic carbocycles. The second kappa shape index (κ2) is 5.70. The van der Waals surface area contributed by atoms with E-state index >= 15 is 0 Å². The number of ketones is 1. The summed E-state index contributed by atoms with van der Waals surface area (Å²) in [7, 11) is 0. The van der Waals surface area contributed by atoms with Crippen molar-refractivity contribution in [3.05, 3.63) is 0 Å². The van der Waals surface area contributed by atoms with E-state index in [0.29, 0.717) is 25.9 Å². The second-order valence-corrected chi connectivity index (χ2v) is 3.78. The van der Waals surface area contributed by atoms with Gasteiger partial charge in [0.05, 0.1) is 6.54 Å². The molecule has 0 amide bonds. The van der Waals surface area contributed by atoms with E-state index in [-0.39, 0.29) is 24.1 Å². The molecule has 1 fully saturated rings. The van der Waals surface area contributed by atoms with Crippen LogP contribution >= 0.6 is 12.4 Å². The SMILES string of the molecule is CC(=O)C1CCN(CC(F)(F)F)CC1.Cl. The summed E-state index contributed by atoms with van der Waals surface area (Å²) in [5.41, 5.74) is 0. The minimum Gasteiger partial charge on any atom is -0.300 e. The van der Waals surface area contributed by atoms with Crippen molar-refractivity contribution in [2.45, 2.75) is 25.9 Å². The molecule has 1 heterocycles. The van der Waals surface area contributed by atoms with E-state index in [1.54, 1.807) is 0 Å². The molecule has 1 rings (SSSR count). The van der Waals surface area contributed by atoms with Crippen LogP contribution in [0.25, 0.3) is 0 Å². The van der Waals surface area contributed by atoms with Crippen molar-refractivity contribution in [2.75, 3.05) is 19.6 Å². The first kappa shape index (κ1) is 14.7. The Bertz CT molecular complexity index is 212. The number of Topliss-reactive ketones (excluding diaryl/α,β-unsaturated/α-hetero) is 1. The number of nitrogens with zero attached hydrogens (tertiary/aromatic N) is 1. The van der Waals surface area contributed by atoms with Gasteiger partial charge in [0.1, 0.15) is 5.78 Å². The molecule has 0 aromatic carbocycles. The Hall–Kier alpha value is -0.290. The fourth-order valence-corrected chi connectivity index (χ4v) is 1.75. The molecule has 1 aliphatic rings. The highest BCUT2D eigenvalue weighted by Gasteiger charge is 2.33. The van der Waals surface area contributed by atoms with Crippen LogP contribution in [0.2, 0.25) is 0 Å². The standard InChI is InChI=1S/C9H14F3NO.ClH/c1-7(14)8-2-4-13(5-3-8)6-9(10,11)12;/h8H,2-6H2,1H3;1H. The number of carbonyl (C=O) groups is 1. The third-order valence-electron chi connectivity index (χ3n) is 2.57. The van der Waals surface area contributed by atoms with Gasteiger partial charge < -0.3 is 0 Å². The largest absolute Gasteiger partial charge is 0.401 e. The molecule has 2 nitrogen and oxygen atoms in total. The molecule has 0 radical (unpaired) electrons. The van der Waals surface area contributed by atoms with Crippen LogP contribution in [-0.4, -0.2) is 36.5 Å². The van der Waals surface area contributed by atoms with Crippen molar-refractivity contribution < 1.29 is 18.0 Å². The predicted molar refractivity (Wildman–Crippen MR) is 53.1 cm³/mol. The van der Waals surface area contributed by atoms with Crippen molar-refractivity contribution in [2.24, 2.45) is 5.92 Å². The molecular formula is C9H15ClF3NO. The van der Waals surface area contributed by atoms with E-state index in [2.05, 4.69) is 0 Å². The van der Waals surface area contributed by atoms with Gasteiger partial charge in [0.2, 0.25) is 0 Å². The van der Waals surface area contributed by atoms with Gasteiger partial charge in [-0.15, -0.1) is 12.4 Å². The maximum atomic E-state index is 12.0. The Labute approximate surface area is 93.2 Å². The summed E-state index contributed by atoms with van der Waals surface area (Å²) in [5, 5.41) is 0. The number of carbonyl (C=O) groups excluding carboxylic acids is 1. The van der Waals surface area contributed by atoms with Gasteiger partial charge in [-0.3, -0.25) is 9.69 Å². The Morgan fingerprint density at radius 2 is 1.80 bits per heavy atom. The number of rotatable bonds is 2. The highest BCUT2D eigenvalue weighted by Crippen LogP contribution is 2.22. The van der Waals surface area contributed by atoms with Crippen molar-refractivity contribution in [3.8, 4) is 0 Å². The average molecular weight is 246 g/mol. The molecule has 0 unspecified atom stereocenters. The minimum atomic E-state index is -4.12. The first-order valence-corrected chi connectivity index (χ1v) is 4.68. The van der Waals surface area contributed by atoms with Gasteiger partial charge in [0.15, 0.2) is 0 Å². The Kier molecular flexibility index (Phi) is 5.59. The van der Waals surface area contributed by atoms with E-state index in [1.807, 2.05) is 0 Å². The van der Waals surface area contributed by atoms with E-state index in [0.717, 1.165) is 0 Å². The number of piperidine rings is 1. The van der Waals surface area contributed by atoms with Crippen molar-refractivity contribution in [1.29, 1.82) is 0 Å². The first-order valence-electron chi connectivity index (χ1n) is 4.68. The summed E-state index contributed by atoms with van der Waals surface area (Å²) in [6.07, 6.45) is -3.00. The molecule has 0 aromatic rings. The summed E-state index contributed by atoms with van der Waals surface area (Å²) in [6.45, 7) is 1.41. The zero-order valence-electron chi connectivity index (χ0n) is 8.51. The fraction of sp³-hybridized carbons (Fsp3) is 0.889. The van der Waals surface area contributed by atoms with Crippen LogP contribution in [0.1, 0.15) is 19.8 Å². The quantitative estimate of drug-likeness (QED) is 0.744. The van der Waals surface area contributed by atoms with Crippen molar-refractivity contribution in [3.63, 3.8) is 0 Å². The minimum absolute atomic E-state index is 0. The number of hydrogen-bond acceptors (Lipinski definition) is 2. The maximum absolute atomic E-state index is 12.0. The lowest BCUT2D eigenvalue weighted by molar-refractivity contribution is -0.149. The average Bonchev–Trinajstić information content (AvgIpc) is 2.02. The fourth-order valence-electron chi connectivity index (χ4n) is 1.75. The lowest BCUT2D eigenvalue weighted by atomic mass is 9.93. The van der Waals surface area contributed by atoms with Gasteiger partial charge in [0, 0.05) is 5.92 Å². The van der Waals surface area contributed by atoms with E-state index < -0.39 is 12.7 Å². The van der Waals surface area contributed by atoms with E-state index in [1.165, 1.54) is 11.8 Å².